The quantitative estimate of drug-likeness (QED) is 0.555. The Labute approximate surface area is 224 Å². The second kappa shape index (κ2) is 9.25. The van der Waals surface area contributed by atoms with Crippen LogP contribution in [0.3, 0.4) is 0 Å². The van der Waals surface area contributed by atoms with Crippen molar-refractivity contribution in [1.29, 1.82) is 0 Å². The number of carbonyl (C=O) groups is 3. The normalized spacial score (nSPS) is 25.7. The number of fused-ring (bicyclic) bond motifs is 1. The minimum Gasteiger partial charge on any atom is -0.444 e. The van der Waals surface area contributed by atoms with Crippen LogP contribution in [0.15, 0.2) is 41.3 Å². The molecule has 11 heteroatoms. The molecule has 3 heterocycles. The van der Waals surface area contributed by atoms with Gasteiger partial charge in [0.05, 0.1) is 11.3 Å². The molecule has 0 spiro atoms. The topological polar surface area (TPSA) is 100 Å². The van der Waals surface area contributed by atoms with Gasteiger partial charge < -0.3 is 15.0 Å². The van der Waals surface area contributed by atoms with Gasteiger partial charge in [-0.1, -0.05) is 30.3 Å². The number of amides is 3. The molecule has 4 aliphatic rings. The molecule has 2 aromatic rings. The number of hydrogen-bond donors (Lipinski definition) is 2. The largest absolute Gasteiger partial charge is 0.444 e. The van der Waals surface area contributed by atoms with Gasteiger partial charge in [-0.05, 0) is 32.4 Å². The molecular formula is C27H29FN4O5S. The molecule has 3 amide bonds. The van der Waals surface area contributed by atoms with Gasteiger partial charge in [0, 0.05) is 47.3 Å². The number of anilines is 1. The van der Waals surface area contributed by atoms with E-state index in [4.69, 9.17) is 9.57 Å². The number of thioether (sulfide) groups is 1. The highest BCUT2D eigenvalue weighted by Gasteiger charge is 2.58. The van der Waals surface area contributed by atoms with Crippen LogP contribution in [0.5, 0.6) is 0 Å². The molecule has 2 fully saturated rings. The van der Waals surface area contributed by atoms with Gasteiger partial charge in [0.2, 0.25) is 0 Å². The number of carbonyl (C=O) groups excluding carboxylic acids is 3. The third-order valence-corrected chi connectivity index (χ3v) is 8.31. The summed E-state index contributed by atoms with van der Waals surface area (Å²) in [5.74, 6) is -0.905. The average Bonchev–Trinajstić information content (AvgIpc) is 3.28. The Bertz CT molecular complexity index is 1300. The van der Waals surface area contributed by atoms with Gasteiger partial charge in [-0.3, -0.25) is 19.7 Å². The van der Waals surface area contributed by atoms with Crippen molar-refractivity contribution >= 4 is 35.4 Å². The average molecular weight is 541 g/mol. The van der Waals surface area contributed by atoms with E-state index in [0.717, 1.165) is 10.6 Å². The molecule has 1 saturated heterocycles. The Morgan fingerprint density at radius 2 is 1.89 bits per heavy atom. The molecule has 9 nitrogen and oxygen atoms in total. The summed E-state index contributed by atoms with van der Waals surface area (Å²) in [4.78, 5) is 47.0. The van der Waals surface area contributed by atoms with E-state index in [1.54, 1.807) is 0 Å². The Morgan fingerprint density at radius 3 is 2.58 bits per heavy atom. The number of imide groups is 1. The summed E-state index contributed by atoms with van der Waals surface area (Å²) in [6.45, 7) is 6.63. The monoisotopic (exact) mass is 540 g/mol. The Morgan fingerprint density at radius 1 is 1.18 bits per heavy atom. The number of piperidine rings is 1. The molecule has 200 valence electrons. The molecule has 1 aliphatic carbocycles. The van der Waals surface area contributed by atoms with E-state index in [9.17, 15) is 14.4 Å². The molecule has 2 N–H and O–H groups in total. The first kappa shape index (κ1) is 25.1. The Hall–Kier alpha value is -3.15. The molecule has 0 bridgehead atoms. The second-order valence-corrected chi connectivity index (χ2v) is 12.0. The van der Waals surface area contributed by atoms with E-state index in [2.05, 4.69) is 10.6 Å². The summed E-state index contributed by atoms with van der Waals surface area (Å²) in [6.07, 6.45) is -0.445. The SMILES string of the molecule is CC(C)(C)OC(=O)NC1[C@H]2CN(c3c(F)cc4c5c3SCNC5C(=O)N(OCc3ccccc3)C4=O)C[C@@H]12. The van der Waals surface area contributed by atoms with E-state index < -0.39 is 35.4 Å². The van der Waals surface area contributed by atoms with E-state index >= 15 is 4.39 Å². The van der Waals surface area contributed by atoms with Crippen LogP contribution in [-0.4, -0.2) is 53.6 Å². The van der Waals surface area contributed by atoms with Crippen LogP contribution in [0, 0.1) is 17.7 Å². The van der Waals surface area contributed by atoms with Crippen LogP contribution in [0.1, 0.15) is 48.3 Å². The number of hydrogen-bond acceptors (Lipinski definition) is 8. The van der Waals surface area contributed by atoms with E-state index in [1.165, 1.54) is 17.8 Å². The smallest absolute Gasteiger partial charge is 0.407 e. The van der Waals surface area contributed by atoms with Gasteiger partial charge in [0.15, 0.2) is 0 Å². The standard InChI is InChI=1S/C27H29FN4O5S/c1-27(2,3)37-26(35)30-20-16-10-31(11-17(16)20)22-18(28)9-15-19-21(29-13-38-23(19)22)25(34)32(24(15)33)36-12-14-7-5-4-6-8-14/h4-9,16-17,20-21,29H,10-13H2,1-3H3,(H,30,35)/t16-,17+,20?,21?. The predicted molar refractivity (Wildman–Crippen MR) is 138 cm³/mol. The fourth-order valence-electron chi connectivity index (χ4n) is 5.57. The number of halogens is 1. The fourth-order valence-corrected chi connectivity index (χ4v) is 6.72. The van der Waals surface area contributed by atoms with Gasteiger partial charge in [0.1, 0.15) is 24.1 Å². The van der Waals surface area contributed by atoms with E-state index in [1.807, 2.05) is 56.0 Å². The molecule has 1 saturated carbocycles. The van der Waals surface area contributed by atoms with Crippen molar-refractivity contribution in [3.05, 3.63) is 58.9 Å². The van der Waals surface area contributed by atoms with Crippen LogP contribution < -0.4 is 15.5 Å². The molecular weight excluding hydrogens is 511 g/mol. The molecule has 2 unspecified atom stereocenters. The minimum absolute atomic E-state index is 0.00121. The minimum atomic E-state index is -0.798. The Kier molecular flexibility index (Phi) is 6.12. The van der Waals surface area contributed by atoms with Gasteiger partial charge in [-0.15, -0.1) is 16.8 Å². The lowest BCUT2D eigenvalue weighted by Crippen LogP contribution is -2.50. The molecule has 4 atom stereocenters. The van der Waals surface area contributed by atoms with Crippen LogP contribution in [-0.2, 0) is 21.0 Å². The summed E-state index contributed by atoms with van der Waals surface area (Å²) in [7, 11) is 0. The highest BCUT2D eigenvalue weighted by Crippen LogP contribution is 2.51. The van der Waals surface area contributed by atoms with Crippen LogP contribution in [0.4, 0.5) is 14.9 Å². The van der Waals surface area contributed by atoms with E-state index in [-0.39, 0.29) is 30.0 Å². The lowest BCUT2D eigenvalue weighted by Gasteiger charge is -2.38. The van der Waals surface area contributed by atoms with Crippen molar-refractivity contribution in [2.75, 3.05) is 23.9 Å². The summed E-state index contributed by atoms with van der Waals surface area (Å²) in [5.41, 5.74) is 1.29. The molecule has 3 aliphatic heterocycles. The highest BCUT2D eigenvalue weighted by atomic mass is 32.2. The summed E-state index contributed by atoms with van der Waals surface area (Å²) in [6, 6.07) is 9.64. The van der Waals surface area contributed by atoms with Crippen LogP contribution in [0.2, 0.25) is 0 Å². The zero-order valence-electron chi connectivity index (χ0n) is 21.3. The number of ether oxygens (including phenoxy) is 1. The molecule has 38 heavy (non-hydrogen) atoms. The first-order valence-electron chi connectivity index (χ1n) is 12.6. The summed E-state index contributed by atoms with van der Waals surface area (Å²) < 4.78 is 21.0. The third-order valence-electron chi connectivity index (χ3n) is 7.30. The van der Waals surface area contributed by atoms with Crippen molar-refractivity contribution in [3.8, 4) is 0 Å². The van der Waals surface area contributed by atoms with E-state index in [0.29, 0.717) is 35.1 Å². The number of hydroxylamine groups is 2. The first-order chi connectivity index (χ1) is 18.1. The summed E-state index contributed by atoms with van der Waals surface area (Å²) >= 11 is 1.39. The predicted octanol–water partition coefficient (Wildman–Crippen LogP) is 3.59. The first-order valence-corrected chi connectivity index (χ1v) is 13.6. The number of rotatable bonds is 5. The van der Waals surface area contributed by atoms with Crippen molar-refractivity contribution in [3.63, 3.8) is 0 Å². The van der Waals surface area contributed by atoms with Crippen LogP contribution >= 0.6 is 11.8 Å². The second-order valence-electron chi connectivity index (χ2n) is 11.0. The van der Waals surface area contributed by atoms with Crippen molar-refractivity contribution in [2.45, 2.75) is 50.0 Å². The van der Waals surface area contributed by atoms with Gasteiger partial charge >= 0.3 is 6.09 Å². The molecule has 0 aromatic heterocycles. The Balaban J connectivity index is 1.21. The van der Waals surface area contributed by atoms with Crippen LogP contribution in [0.25, 0.3) is 0 Å². The number of alkyl carbamates (subject to hydrolysis) is 1. The van der Waals surface area contributed by atoms with Gasteiger partial charge in [-0.2, -0.15) is 0 Å². The third kappa shape index (κ3) is 4.42. The highest BCUT2D eigenvalue weighted by molar-refractivity contribution is 7.99. The maximum atomic E-state index is 15.6. The zero-order valence-corrected chi connectivity index (χ0v) is 22.1. The van der Waals surface area contributed by atoms with Crippen molar-refractivity contribution in [2.24, 2.45) is 11.8 Å². The van der Waals surface area contributed by atoms with Gasteiger partial charge in [-0.25, -0.2) is 9.18 Å². The maximum Gasteiger partial charge on any atom is 0.407 e. The molecule has 0 radical (unpaired) electrons. The molecule has 2 aromatic carbocycles. The number of nitrogens with one attached hydrogen (secondary N) is 2. The number of nitrogens with zero attached hydrogens (tertiary/aromatic N) is 2. The van der Waals surface area contributed by atoms with Crippen molar-refractivity contribution < 1.29 is 28.3 Å². The van der Waals surface area contributed by atoms with Crippen molar-refractivity contribution in [1.82, 2.24) is 15.7 Å². The fraction of sp³-hybridized carbons (Fsp3) is 0.444. The lowest BCUT2D eigenvalue weighted by molar-refractivity contribution is -0.177. The molecule has 6 rings (SSSR count). The lowest BCUT2D eigenvalue weighted by atomic mass is 9.93. The van der Waals surface area contributed by atoms with Gasteiger partial charge in [0.25, 0.3) is 11.8 Å². The maximum absolute atomic E-state index is 15.6. The number of benzene rings is 2. The summed E-state index contributed by atoms with van der Waals surface area (Å²) in [5, 5.41) is 6.84. The zero-order chi connectivity index (χ0) is 26.8.